The molecule has 4 rings (SSSR count). The van der Waals surface area contributed by atoms with E-state index in [9.17, 15) is 0 Å². The fourth-order valence-electron chi connectivity index (χ4n) is 2.22. The van der Waals surface area contributed by atoms with E-state index in [0.717, 1.165) is 0 Å². The third-order valence-electron chi connectivity index (χ3n) is 3.08. The second kappa shape index (κ2) is 8.75. The molecule has 0 atom stereocenters. The minimum Gasteiger partial charge on any atom is -0.214 e. The summed E-state index contributed by atoms with van der Waals surface area (Å²) in [6.45, 7) is 4.29. The standard InChI is InChI=1S/C13H9.C5H5.C3H6.Hf/c1-3-7-12-10(5-1)9-11-6-2-4-8-13(11)12;1-2-4-5-3-1;1-3-2;/h1-9H;1-5H;1-2H3;/q2*-1;;+2. The molecule has 0 saturated carbocycles. The topological polar surface area (TPSA) is 0 Å². The third kappa shape index (κ3) is 4.99. The van der Waals surface area contributed by atoms with Crippen LogP contribution >= 0.6 is 0 Å². The molecule has 4 aromatic rings. The number of rotatable bonds is 0. The smallest absolute Gasteiger partial charge is 0.0771 e. The Balaban J connectivity index is 0.000000163. The van der Waals surface area contributed by atoms with E-state index in [1.165, 1.54) is 45.4 Å². The molecule has 0 amide bonds. The maximum absolute atomic E-state index is 2.24. The van der Waals surface area contributed by atoms with Crippen molar-refractivity contribution in [3.05, 3.63) is 84.9 Å². The summed E-state index contributed by atoms with van der Waals surface area (Å²) in [5.41, 5.74) is 0. The molecule has 0 aliphatic carbocycles. The minimum absolute atomic E-state index is 1.27. The fourth-order valence-corrected chi connectivity index (χ4v) is 2.22. The Bertz CT molecular complexity index is 748. The van der Waals surface area contributed by atoms with Gasteiger partial charge in [0, 0.05) is 0 Å². The largest absolute Gasteiger partial charge is 0.214 e. The van der Waals surface area contributed by atoms with Gasteiger partial charge in [0.15, 0.2) is 0 Å². The van der Waals surface area contributed by atoms with Crippen molar-refractivity contribution >= 4 is 24.8 Å². The van der Waals surface area contributed by atoms with Crippen LogP contribution in [0.1, 0.15) is 13.8 Å². The van der Waals surface area contributed by atoms with Gasteiger partial charge in [-0.1, -0.05) is 36.4 Å². The summed E-state index contributed by atoms with van der Waals surface area (Å²) in [7, 11) is 0. The van der Waals surface area contributed by atoms with Gasteiger partial charge >= 0.3 is 41.0 Å². The second-order valence-corrected chi connectivity index (χ2v) is 8.87. The zero-order valence-electron chi connectivity index (χ0n) is 13.1. The van der Waals surface area contributed by atoms with Crippen molar-refractivity contribution in [1.29, 1.82) is 0 Å². The van der Waals surface area contributed by atoms with Crippen LogP contribution in [0.15, 0.2) is 84.9 Å². The van der Waals surface area contributed by atoms with Gasteiger partial charge in [0.2, 0.25) is 0 Å². The molecular formula is C21H20Hf. The first-order valence-electron chi connectivity index (χ1n) is 7.40. The van der Waals surface area contributed by atoms with Gasteiger partial charge < -0.3 is 0 Å². The first-order chi connectivity index (χ1) is 10.7. The third-order valence-corrected chi connectivity index (χ3v) is 3.08. The quantitative estimate of drug-likeness (QED) is 0.232. The predicted molar refractivity (Wildman–Crippen MR) is 95.4 cm³/mol. The van der Waals surface area contributed by atoms with Gasteiger partial charge in [0.05, 0.1) is 0 Å². The summed E-state index contributed by atoms with van der Waals surface area (Å²) in [5, 5.41) is 5.39. The van der Waals surface area contributed by atoms with E-state index in [0.29, 0.717) is 0 Å². The zero-order chi connectivity index (χ0) is 15.8. The molecule has 0 spiro atoms. The Kier molecular flexibility index (Phi) is 6.67. The van der Waals surface area contributed by atoms with Crippen LogP contribution in [0.5, 0.6) is 0 Å². The van der Waals surface area contributed by atoms with Crippen LogP contribution in [0.2, 0.25) is 0 Å². The summed E-state index contributed by atoms with van der Waals surface area (Å²) in [6, 6.07) is 29.3. The molecule has 4 aromatic carbocycles. The van der Waals surface area contributed by atoms with Crippen LogP contribution in [-0.2, 0) is 23.9 Å². The molecule has 0 unspecified atom stereocenters. The molecule has 0 heterocycles. The molecule has 0 saturated heterocycles. The molecule has 0 nitrogen and oxygen atoms in total. The first kappa shape index (κ1) is 16.8. The van der Waals surface area contributed by atoms with Gasteiger partial charge in [-0.15, -0.1) is 39.7 Å². The van der Waals surface area contributed by atoms with E-state index in [4.69, 9.17) is 0 Å². The average Bonchev–Trinajstić information content (AvgIpc) is 3.18. The Hall–Kier alpha value is -1.60. The Morgan fingerprint density at radius 2 is 1.14 bits per heavy atom. The van der Waals surface area contributed by atoms with Crippen LogP contribution < -0.4 is 0 Å². The van der Waals surface area contributed by atoms with Crippen LogP contribution in [-0.4, -0.2) is 3.26 Å². The Morgan fingerprint density at radius 3 is 1.50 bits per heavy atom. The van der Waals surface area contributed by atoms with Crippen LogP contribution in [0.25, 0.3) is 21.5 Å². The van der Waals surface area contributed by atoms with Crippen molar-refractivity contribution in [2.45, 2.75) is 13.8 Å². The first-order valence-corrected chi connectivity index (χ1v) is 9.20. The number of hydrogen-bond acceptors (Lipinski definition) is 0. The SMILES string of the molecule is C[C](C)=[Hf+2].c1cc[cH-]c1.c1ccc2c(c1)[cH-]c1ccccc12. The predicted octanol–water partition coefficient (Wildman–Crippen LogP) is 5.86. The van der Waals surface area contributed by atoms with Gasteiger partial charge in [0.25, 0.3) is 0 Å². The van der Waals surface area contributed by atoms with E-state index in [-0.39, 0.29) is 0 Å². The van der Waals surface area contributed by atoms with Crippen LogP contribution in [0.4, 0.5) is 0 Å². The number of benzene rings is 2. The van der Waals surface area contributed by atoms with E-state index in [2.05, 4.69) is 68.4 Å². The molecule has 0 fully saturated rings. The molecule has 0 N–H and O–H groups in total. The Morgan fingerprint density at radius 1 is 0.727 bits per heavy atom. The second-order valence-electron chi connectivity index (χ2n) is 5.28. The minimum atomic E-state index is 1.27. The van der Waals surface area contributed by atoms with Crippen LogP contribution in [0, 0.1) is 0 Å². The van der Waals surface area contributed by atoms with Crippen molar-refractivity contribution in [3.8, 4) is 0 Å². The molecule has 1 heteroatoms. The molecule has 22 heavy (non-hydrogen) atoms. The van der Waals surface area contributed by atoms with Crippen molar-refractivity contribution in [2.24, 2.45) is 0 Å². The number of fused-ring (bicyclic) bond motifs is 3. The van der Waals surface area contributed by atoms with E-state index < -0.39 is 0 Å². The van der Waals surface area contributed by atoms with Crippen LogP contribution in [0.3, 0.4) is 0 Å². The molecule has 108 valence electrons. The van der Waals surface area contributed by atoms with Crippen molar-refractivity contribution in [1.82, 2.24) is 0 Å². The summed E-state index contributed by atoms with van der Waals surface area (Å²) >= 11 is 1.27. The fraction of sp³-hybridized carbons (Fsp3) is 0.0952. The summed E-state index contributed by atoms with van der Waals surface area (Å²) in [4.78, 5) is 0. The molecule has 0 radical (unpaired) electrons. The molecule has 0 aliphatic heterocycles. The van der Waals surface area contributed by atoms with Crippen molar-refractivity contribution in [2.75, 3.05) is 0 Å². The summed E-state index contributed by atoms with van der Waals surface area (Å²) in [5.74, 6) is 0. The maximum atomic E-state index is 2.24. The molecule has 0 bridgehead atoms. The molecule has 0 aliphatic rings. The van der Waals surface area contributed by atoms with Gasteiger partial charge in [0.1, 0.15) is 0 Å². The van der Waals surface area contributed by atoms with Gasteiger partial charge in [-0.2, -0.15) is 18.2 Å². The summed E-state index contributed by atoms with van der Waals surface area (Å²) < 4.78 is 1.56. The van der Waals surface area contributed by atoms with Crippen molar-refractivity contribution < 1.29 is 23.9 Å². The van der Waals surface area contributed by atoms with E-state index in [1.807, 2.05) is 30.3 Å². The Labute approximate surface area is 147 Å². The van der Waals surface area contributed by atoms with Gasteiger partial charge in [-0.25, -0.2) is 12.1 Å². The zero-order valence-corrected chi connectivity index (χ0v) is 16.7. The van der Waals surface area contributed by atoms with Crippen molar-refractivity contribution in [3.63, 3.8) is 0 Å². The number of hydrogen-bond donors (Lipinski definition) is 0. The van der Waals surface area contributed by atoms with Gasteiger partial charge in [-0.05, 0) is 0 Å². The monoisotopic (exact) mass is 452 g/mol. The van der Waals surface area contributed by atoms with Gasteiger partial charge in [-0.3, -0.25) is 0 Å². The normalized spacial score (nSPS) is 9.64. The summed E-state index contributed by atoms with van der Waals surface area (Å²) in [6.07, 6.45) is 0. The van der Waals surface area contributed by atoms with E-state index in [1.54, 1.807) is 3.26 Å². The molecular weight excluding hydrogens is 431 g/mol. The van der Waals surface area contributed by atoms with E-state index >= 15 is 0 Å². The molecule has 0 aromatic heterocycles. The average molecular weight is 451 g/mol. The maximum Gasteiger partial charge on any atom is -0.0771 e.